The van der Waals surface area contributed by atoms with E-state index in [-0.39, 0.29) is 12.7 Å². The third-order valence-corrected chi connectivity index (χ3v) is 4.67. The quantitative estimate of drug-likeness (QED) is 0.809. The summed E-state index contributed by atoms with van der Waals surface area (Å²) in [5.74, 6) is 5.97. The van der Waals surface area contributed by atoms with Gasteiger partial charge in [0.25, 0.3) is 0 Å². The minimum Gasteiger partial charge on any atom is -0.391 e. The second-order valence-corrected chi connectivity index (χ2v) is 6.87. The summed E-state index contributed by atoms with van der Waals surface area (Å²) >= 11 is 1.69. The van der Waals surface area contributed by atoms with Gasteiger partial charge in [0.15, 0.2) is 0 Å². The average Bonchev–Trinajstić information content (AvgIpc) is 2.87. The molecule has 116 valence electrons. The number of hydrogen-bond acceptors (Lipinski definition) is 5. The van der Waals surface area contributed by atoms with E-state index in [1.165, 1.54) is 4.88 Å². The molecule has 1 aromatic rings. The van der Waals surface area contributed by atoms with Gasteiger partial charge in [-0.15, -0.1) is 11.3 Å². The highest BCUT2D eigenvalue weighted by molar-refractivity contribution is 7.10. The zero-order chi connectivity index (χ0) is 15.2. The monoisotopic (exact) mass is 308 g/mol. The van der Waals surface area contributed by atoms with Gasteiger partial charge in [0.05, 0.1) is 6.10 Å². The molecule has 1 aromatic heterocycles. The van der Waals surface area contributed by atoms with Crippen LogP contribution in [0.2, 0.25) is 0 Å². The summed E-state index contributed by atoms with van der Waals surface area (Å²) in [4.78, 5) is 5.72. The number of aliphatic hydroxyl groups is 2. The first kappa shape index (κ1) is 16.5. The first-order valence-electron chi connectivity index (χ1n) is 7.30. The molecule has 4 nitrogen and oxygen atoms in total. The molecule has 1 fully saturated rings. The fraction of sp³-hybridized carbons (Fsp3) is 0.625. The van der Waals surface area contributed by atoms with E-state index in [1.54, 1.807) is 11.3 Å². The van der Waals surface area contributed by atoms with Crippen molar-refractivity contribution in [3.8, 4) is 11.8 Å². The van der Waals surface area contributed by atoms with Crippen molar-refractivity contribution >= 4 is 11.3 Å². The summed E-state index contributed by atoms with van der Waals surface area (Å²) in [5, 5.41) is 21.0. The molecular weight excluding hydrogens is 284 g/mol. The van der Waals surface area contributed by atoms with Gasteiger partial charge in [-0.05, 0) is 39.0 Å². The van der Waals surface area contributed by atoms with Crippen LogP contribution in [0.25, 0.3) is 0 Å². The zero-order valence-corrected chi connectivity index (χ0v) is 13.6. The van der Waals surface area contributed by atoms with Crippen LogP contribution in [0.15, 0.2) is 11.4 Å². The molecule has 1 aliphatic heterocycles. The molecule has 0 unspecified atom stereocenters. The van der Waals surface area contributed by atoms with Crippen LogP contribution in [-0.2, 0) is 6.54 Å². The highest BCUT2D eigenvalue weighted by atomic mass is 32.1. The number of piperidine rings is 1. The van der Waals surface area contributed by atoms with E-state index in [2.05, 4.69) is 41.8 Å². The van der Waals surface area contributed by atoms with Crippen molar-refractivity contribution < 1.29 is 10.2 Å². The fourth-order valence-electron chi connectivity index (χ4n) is 2.76. The van der Waals surface area contributed by atoms with Crippen LogP contribution in [0.3, 0.4) is 0 Å². The Bertz CT molecular complexity index is 504. The third kappa shape index (κ3) is 5.10. The predicted molar refractivity (Wildman–Crippen MR) is 86.2 cm³/mol. The second-order valence-electron chi connectivity index (χ2n) is 5.88. The van der Waals surface area contributed by atoms with Gasteiger partial charge in [-0.1, -0.05) is 11.8 Å². The topological polar surface area (TPSA) is 46.9 Å². The normalized spacial score (nSPS) is 23.1. The van der Waals surface area contributed by atoms with Crippen LogP contribution in [0, 0.1) is 17.8 Å². The lowest BCUT2D eigenvalue weighted by Crippen LogP contribution is -2.46. The summed E-state index contributed by atoms with van der Waals surface area (Å²) in [5.41, 5.74) is 0.965. The largest absolute Gasteiger partial charge is 0.391 e. The van der Waals surface area contributed by atoms with Crippen molar-refractivity contribution in [2.24, 2.45) is 5.92 Å². The maximum atomic E-state index is 10.3. The number of β-amino-alcohol motifs (C(OH)–C–C–N with tert-alkyl or cyclic N) is 1. The third-order valence-electron chi connectivity index (χ3n) is 3.75. The first-order valence-corrected chi connectivity index (χ1v) is 8.18. The summed E-state index contributed by atoms with van der Waals surface area (Å²) in [6, 6.07) is 2.08. The molecule has 2 N–H and O–H groups in total. The highest BCUT2D eigenvalue weighted by Gasteiger charge is 2.28. The maximum absolute atomic E-state index is 10.3. The van der Waals surface area contributed by atoms with E-state index in [1.807, 2.05) is 5.38 Å². The summed E-state index contributed by atoms with van der Waals surface area (Å²) in [6.07, 6.45) is 0.803. The predicted octanol–water partition coefficient (Wildman–Crippen LogP) is 0.836. The van der Waals surface area contributed by atoms with Gasteiger partial charge in [0, 0.05) is 35.5 Å². The molecule has 1 saturated heterocycles. The van der Waals surface area contributed by atoms with Crippen molar-refractivity contribution in [1.82, 2.24) is 9.80 Å². The molecule has 0 aliphatic carbocycles. The Morgan fingerprint density at radius 2 is 2.29 bits per heavy atom. The maximum Gasteiger partial charge on any atom is 0.104 e. The van der Waals surface area contributed by atoms with E-state index in [4.69, 9.17) is 5.11 Å². The molecule has 5 heteroatoms. The van der Waals surface area contributed by atoms with Gasteiger partial charge in [0.2, 0.25) is 0 Å². The Hall–Kier alpha value is -0.900. The van der Waals surface area contributed by atoms with Crippen LogP contribution in [0.1, 0.15) is 16.9 Å². The minimum absolute atomic E-state index is 0.100. The number of rotatable bonds is 4. The van der Waals surface area contributed by atoms with Crippen molar-refractivity contribution in [3.05, 3.63) is 21.9 Å². The van der Waals surface area contributed by atoms with Crippen molar-refractivity contribution in [2.45, 2.75) is 19.1 Å². The molecule has 21 heavy (non-hydrogen) atoms. The molecule has 2 atom stereocenters. The van der Waals surface area contributed by atoms with Crippen molar-refractivity contribution in [1.29, 1.82) is 0 Å². The van der Waals surface area contributed by atoms with E-state index in [0.29, 0.717) is 5.92 Å². The van der Waals surface area contributed by atoms with Gasteiger partial charge >= 0.3 is 0 Å². The second kappa shape index (κ2) is 7.92. The molecule has 0 spiro atoms. The Labute approximate surface area is 131 Å². The summed E-state index contributed by atoms with van der Waals surface area (Å²) in [7, 11) is 4.11. The fourth-order valence-corrected chi connectivity index (χ4v) is 3.62. The lowest BCUT2D eigenvalue weighted by Gasteiger charge is -2.36. The molecule has 0 saturated carbocycles. The highest BCUT2D eigenvalue weighted by Crippen LogP contribution is 2.22. The smallest absolute Gasteiger partial charge is 0.104 e. The van der Waals surface area contributed by atoms with Crippen LogP contribution >= 0.6 is 11.3 Å². The minimum atomic E-state index is -0.241. The van der Waals surface area contributed by atoms with E-state index >= 15 is 0 Å². The molecule has 1 aliphatic rings. The zero-order valence-electron chi connectivity index (χ0n) is 12.7. The van der Waals surface area contributed by atoms with Crippen LogP contribution in [-0.4, -0.2) is 66.5 Å². The number of aliphatic hydroxyl groups excluding tert-OH is 2. The molecule has 2 rings (SSSR count). The van der Waals surface area contributed by atoms with Crippen LogP contribution in [0.4, 0.5) is 0 Å². The standard InChI is InChI=1S/C16H24N2O2S/c1-17(2)9-14-5-6-18(11-16(14)20)10-15-8-13(12-21-15)4-3-7-19/h8,12,14,16,19-20H,5-7,9-11H2,1-2H3/t14-,16+/m0/s1. The first-order chi connectivity index (χ1) is 10.1. The SMILES string of the molecule is CN(C)C[C@@H]1CCN(Cc2cc(C#CCO)cs2)C[C@H]1O. The Balaban J connectivity index is 1.86. The van der Waals surface area contributed by atoms with Crippen LogP contribution < -0.4 is 0 Å². The van der Waals surface area contributed by atoms with E-state index in [9.17, 15) is 5.11 Å². The lowest BCUT2D eigenvalue weighted by atomic mass is 9.93. The van der Waals surface area contributed by atoms with Crippen molar-refractivity contribution in [3.63, 3.8) is 0 Å². The Kier molecular flexibility index (Phi) is 6.22. The molecule has 2 heterocycles. The van der Waals surface area contributed by atoms with Gasteiger partial charge in [-0.25, -0.2) is 0 Å². The van der Waals surface area contributed by atoms with Crippen molar-refractivity contribution in [2.75, 3.05) is 40.3 Å². The van der Waals surface area contributed by atoms with Gasteiger partial charge in [-0.2, -0.15) is 0 Å². The van der Waals surface area contributed by atoms with Crippen LogP contribution in [0.5, 0.6) is 0 Å². The number of nitrogens with zero attached hydrogens (tertiary/aromatic N) is 2. The lowest BCUT2D eigenvalue weighted by molar-refractivity contribution is 0.00949. The van der Waals surface area contributed by atoms with Gasteiger partial charge in [0.1, 0.15) is 6.61 Å². The Morgan fingerprint density at radius 1 is 1.48 bits per heavy atom. The number of likely N-dealkylation sites (tertiary alicyclic amines) is 1. The Morgan fingerprint density at radius 3 is 2.95 bits per heavy atom. The molecule has 0 aromatic carbocycles. The summed E-state index contributed by atoms with van der Waals surface area (Å²) < 4.78 is 0. The number of hydrogen-bond donors (Lipinski definition) is 2. The molecular formula is C16H24N2O2S. The molecule has 0 radical (unpaired) electrons. The van der Waals surface area contributed by atoms with Gasteiger partial charge in [-0.3, -0.25) is 4.90 Å². The van der Waals surface area contributed by atoms with E-state index in [0.717, 1.165) is 38.2 Å². The average molecular weight is 308 g/mol. The molecule has 0 amide bonds. The molecule has 0 bridgehead atoms. The number of thiophene rings is 1. The summed E-state index contributed by atoms with van der Waals surface area (Å²) in [6.45, 7) is 3.50. The van der Waals surface area contributed by atoms with E-state index < -0.39 is 0 Å². The van der Waals surface area contributed by atoms with Gasteiger partial charge < -0.3 is 15.1 Å².